The van der Waals surface area contributed by atoms with Crippen LogP contribution in [0.4, 0.5) is 4.39 Å². The summed E-state index contributed by atoms with van der Waals surface area (Å²) in [6.07, 6.45) is 1.96. The van der Waals surface area contributed by atoms with Crippen LogP contribution in [0.5, 0.6) is 0 Å². The molecule has 0 radical (unpaired) electrons. The highest BCUT2D eigenvalue weighted by Crippen LogP contribution is 2.24. The van der Waals surface area contributed by atoms with E-state index in [1.165, 1.54) is 31.3 Å². The van der Waals surface area contributed by atoms with Crippen molar-refractivity contribution in [2.24, 2.45) is 4.99 Å². The maximum atomic E-state index is 13.0. The summed E-state index contributed by atoms with van der Waals surface area (Å²) in [5.41, 5.74) is 0.607. The van der Waals surface area contributed by atoms with Crippen LogP contribution < -0.4 is 5.32 Å². The molecule has 2 unspecified atom stereocenters. The number of nitrogens with one attached hydrogen (secondary N) is 1. The molecule has 0 saturated carbocycles. The van der Waals surface area contributed by atoms with Crippen LogP contribution in [-0.4, -0.2) is 73.0 Å². The lowest BCUT2D eigenvalue weighted by Crippen LogP contribution is -2.61. The standard InChI is InChI=1S/C18H21FN4O5S/c1-22(29(2,27)28)13-4-3-9-23-16(13)21-14(15(24)18(23)26)17(25)20-10-11-5-7-12(19)8-6-11/h5-8,13-14H,3-4,9-10H2,1-2H3,(H,20,25). The Morgan fingerprint density at radius 1 is 1.31 bits per heavy atom. The Kier molecular flexibility index (Phi) is 5.80. The van der Waals surface area contributed by atoms with E-state index in [4.69, 9.17) is 0 Å². The molecular weight excluding hydrogens is 403 g/mol. The SMILES string of the molecule is CN(C1CCCN2C(=O)C(=O)C(C(=O)NCc3ccc(F)cc3)N=C12)S(C)(=O)=O. The number of sulfonamides is 1. The topological polar surface area (TPSA) is 116 Å². The molecule has 2 aliphatic heterocycles. The fourth-order valence-corrected chi connectivity index (χ4v) is 3.97. The van der Waals surface area contributed by atoms with Gasteiger partial charge >= 0.3 is 0 Å². The molecule has 9 nitrogen and oxygen atoms in total. The van der Waals surface area contributed by atoms with Crippen LogP contribution in [0, 0.1) is 5.82 Å². The summed E-state index contributed by atoms with van der Waals surface area (Å²) >= 11 is 0. The number of amidine groups is 1. The number of piperidine rings is 1. The molecule has 11 heteroatoms. The molecule has 2 atom stereocenters. The lowest BCUT2D eigenvalue weighted by Gasteiger charge is -2.40. The van der Waals surface area contributed by atoms with Gasteiger partial charge in [0.05, 0.1) is 12.3 Å². The van der Waals surface area contributed by atoms with Crippen LogP contribution in [0.25, 0.3) is 0 Å². The molecule has 1 N–H and O–H groups in total. The number of aliphatic imine (C=N–C) groups is 1. The molecule has 2 amide bonds. The van der Waals surface area contributed by atoms with Crippen molar-refractivity contribution >= 4 is 33.5 Å². The predicted molar refractivity (Wildman–Crippen MR) is 102 cm³/mol. The van der Waals surface area contributed by atoms with Gasteiger partial charge in [-0.3, -0.25) is 19.3 Å². The molecule has 1 aromatic carbocycles. The van der Waals surface area contributed by atoms with Crippen LogP contribution in [0.3, 0.4) is 0 Å². The van der Waals surface area contributed by atoms with Gasteiger partial charge in [-0.05, 0) is 30.5 Å². The molecule has 1 fully saturated rings. The third-order valence-corrected chi connectivity index (χ3v) is 6.29. The predicted octanol–water partition coefficient (Wildman–Crippen LogP) is -0.326. The summed E-state index contributed by atoms with van der Waals surface area (Å²) in [6, 6.07) is 3.13. The number of fused-ring (bicyclic) bond motifs is 1. The summed E-state index contributed by atoms with van der Waals surface area (Å²) in [4.78, 5) is 42.8. The van der Waals surface area contributed by atoms with E-state index in [2.05, 4.69) is 10.3 Å². The minimum atomic E-state index is -3.57. The summed E-state index contributed by atoms with van der Waals surface area (Å²) < 4.78 is 38.0. The van der Waals surface area contributed by atoms with Gasteiger partial charge in [-0.25, -0.2) is 17.8 Å². The zero-order valence-electron chi connectivity index (χ0n) is 16.0. The Labute approximate surface area is 167 Å². The monoisotopic (exact) mass is 424 g/mol. The number of hydrogen-bond acceptors (Lipinski definition) is 6. The van der Waals surface area contributed by atoms with Gasteiger partial charge in [0, 0.05) is 20.1 Å². The van der Waals surface area contributed by atoms with Gasteiger partial charge in [-0.15, -0.1) is 0 Å². The van der Waals surface area contributed by atoms with E-state index < -0.39 is 45.5 Å². The van der Waals surface area contributed by atoms with Crippen molar-refractivity contribution in [3.8, 4) is 0 Å². The number of nitrogens with zero attached hydrogens (tertiary/aromatic N) is 3. The molecule has 0 bridgehead atoms. The molecule has 2 heterocycles. The third kappa shape index (κ3) is 4.35. The van der Waals surface area contributed by atoms with Gasteiger partial charge in [0.15, 0.2) is 6.04 Å². The number of ketones is 1. The quantitative estimate of drug-likeness (QED) is 0.513. The minimum absolute atomic E-state index is 0.0261. The van der Waals surface area contributed by atoms with Gasteiger partial charge in [0.1, 0.15) is 11.7 Å². The van der Waals surface area contributed by atoms with E-state index in [0.717, 1.165) is 15.5 Å². The van der Waals surface area contributed by atoms with E-state index in [1.807, 2.05) is 0 Å². The van der Waals surface area contributed by atoms with Crippen molar-refractivity contribution in [2.75, 3.05) is 19.8 Å². The van der Waals surface area contributed by atoms with E-state index in [9.17, 15) is 27.2 Å². The lowest BCUT2D eigenvalue weighted by atomic mass is 9.99. The van der Waals surface area contributed by atoms with Crippen molar-refractivity contribution in [1.29, 1.82) is 0 Å². The van der Waals surface area contributed by atoms with Crippen molar-refractivity contribution in [1.82, 2.24) is 14.5 Å². The number of Topliss-reactive ketones (excluding diaryl/α,β-unsaturated/α-hetero) is 1. The highest BCUT2D eigenvalue weighted by molar-refractivity contribution is 7.88. The smallest absolute Gasteiger partial charge is 0.298 e. The average molecular weight is 424 g/mol. The third-order valence-electron chi connectivity index (χ3n) is 4.99. The Hall–Kier alpha value is -2.66. The molecule has 3 rings (SSSR count). The lowest BCUT2D eigenvalue weighted by molar-refractivity contribution is -0.146. The average Bonchev–Trinajstić information content (AvgIpc) is 2.68. The number of carbonyl (C=O) groups is 3. The maximum absolute atomic E-state index is 13.0. The second-order valence-electron chi connectivity index (χ2n) is 6.99. The Morgan fingerprint density at radius 3 is 2.59 bits per heavy atom. The Bertz CT molecular complexity index is 976. The number of likely N-dealkylation sites (N-methyl/N-ethyl adjacent to an activating group) is 1. The zero-order valence-corrected chi connectivity index (χ0v) is 16.8. The maximum Gasteiger partial charge on any atom is 0.298 e. The summed E-state index contributed by atoms with van der Waals surface area (Å²) in [7, 11) is -2.20. The van der Waals surface area contributed by atoms with Crippen LogP contribution >= 0.6 is 0 Å². The molecule has 0 aromatic heterocycles. The van der Waals surface area contributed by atoms with Crippen molar-refractivity contribution in [2.45, 2.75) is 31.5 Å². The number of carbonyl (C=O) groups excluding carboxylic acids is 3. The minimum Gasteiger partial charge on any atom is -0.350 e. The summed E-state index contributed by atoms with van der Waals surface area (Å²) in [6.45, 7) is 0.264. The van der Waals surface area contributed by atoms with Gasteiger partial charge in [-0.2, -0.15) is 4.31 Å². The van der Waals surface area contributed by atoms with Gasteiger partial charge in [0.2, 0.25) is 10.0 Å². The van der Waals surface area contributed by atoms with Crippen LogP contribution in [0.1, 0.15) is 18.4 Å². The molecule has 2 aliphatic rings. The number of benzene rings is 1. The molecule has 0 aliphatic carbocycles. The van der Waals surface area contributed by atoms with E-state index >= 15 is 0 Å². The first kappa shape index (κ1) is 21.1. The highest BCUT2D eigenvalue weighted by atomic mass is 32.2. The van der Waals surface area contributed by atoms with E-state index in [-0.39, 0.29) is 18.9 Å². The largest absolute Gasteiger partial charge is 0.350 e. The number of rotatable bonds is 5. The molecule has 156 valence electrons. The summed E-state index contributed by atoms with van der Waals surface area (Å²) in [5.74, 6) is -2.92. The van der Waals surface area contributed by atoms with Gasteiger partial charge in [0.25, 0.3) is 17.6 Å². The first-order valence-corrected chi connectivity index (χ1v) is 10.8. The second-order valence-corrected chi connectivity index (χ2v) is 9.03. The van der Waals surface area contributed by atoms with Crippen LogP contribution in [0.2, 0.25) is 0 Å². The molecule has 29 heavy (non-hydrogen) atoms. The fourth-order valence-electron chi connectivity index (χ4n) is 3.31. The van der Waals surface area contributed by atoms with Crippen molar-refractivity contribution in [3.63, 3.8) is 0 Å². The normalized spacial score (nSPS) is 22.3. The highest BCUT2D eigenvalue weighted by Gasteiger charge is 2.46. The van der Waals surface area contributed by atoms with Crippen LogP contribution in [0.15, 0.2) is 29.3 Å². The fraction of sp³-hybridized carbons (Fsp3) is 0.444. The number of halogens is 1. The van der Waals surface area contributed by atoms with Crippen molar-refractivity contribution in [3.05, 3.63) is 35.6 Å². The second kappa shape index (κ2) is 7.99. The first-order valence-electron chi connectivity index (χ1n) is 8.98. The molecule has 1 aromatic rings. The van der Waals surface area contributed by atoms with Crippen molar-refractivity contribution < 1.29 is 27.2 Å². The Morgan fingerprint density at radius 2 is 1.97 bits per heavy atom. The molecular formula is C18H21FN4O5S. The van der Waals surface area contributed by atoms with Gasteiger partial charge in [-0.1, -0.05) is 12.1 Å². The molecule has 0 spiro atoms. The Balaban J connectivity index is 1.84. The first-order chi connectivity index (χ1) is 13.6. The summed E-state index contributed by atoms with van der Waals surface area (Å²) in [5, 5.41) is 2.52. The number of hydrogen-bond donors (Lipinski definition) is 1. The zero-order chi connectivity index (χ0) is 21.3. The molecule has 1 saturated heterocycles. The van der Waals surface area contributed by atoms with E-state index in [1.54, 1.807) is 0 Å². The number of amides is 2. The van der Waals surface area contributed by atoms with Crippen LogP contribution in [-0.2, 0) is 31.0 Å². The van der Waals surface area contributed by atoms with Gasteiger partial charge < -0.3 is 5.32 Å². The van der Waals surface area contributed by atoms with E-state index in [0.29, 0.717) is 18.4 Å².